The van der Waals surface area contributed by atoms with Crippen molar-refractivity contribution in [2.45, 2.75) is 11.4 Å². The van der Waals surface area contributed by atoms with E-state index in [1.165, 1.54) is 42.7 Å². The van der Waals surface area contributed by atoms with Gasteiger partial charge in [0.05, 0.1) is 11.4 Å². The van der Waals surface area contributed by atoms with Crippen LogP contribution in [0.3, 0.4) is 0 Å². The van der Waals surface area contributed by atoms with Crippen molar-refractivity contribution in [3.8, 4) is 0 Å². The minimum absolute atomic E-state index is 0.0802. The van der Waals surface area contributed by atoms with Crippen molar-refractivity contribution in [3.05, 3.63) is 96.3 Å². The van der Waals surface area contributed by atoms with Crippen LogP contribution in [-0.4, -0.2) is 34.1 Å². The minimum Gasteiger partial charge on any atom is -0.289 e. The number of carbonyl (C=O) groups is 1. The van der Waals surface area contributed by atoms with Gasteiger partial charge in [0.15, 0.2) is 0 Å². The van der Waals surface area contributed by atoms with E-state index in [1.54, 1.807) is 23.1 Å². The highest BCUT2D eigenvalue weighted by molar-refractivity contribution is 7.92. The van der Waals surface area contributed by atoms with E-state index >= 15 is 0 Å². The topological polar surface area (TPSA) is 119 Å². The first-order chi connectivity index (χ1) is 15.4. The van der Waals surface area contributed by atoms with Gasteiger partial charge in [0.25, 0.3) is 15.9 Å². The summed E-state index contributed by atoms with van der Waals surface area (Å²) >= 11 is 0. The molecule has 0 saturated carbocycles. The van der Waals surface area contributed by atoms with Gasteiger partial charge >= 0.3 is 0 Å². The molecule has 0 radical (unpaired) electrons. The van der Waals surface area contributed by atoms with Crippen LogP contribution in [0.25, 0.3) is 0 Å². The summed E-state index contributed by atoms with van der Waals surface area (Å²) in [6.07, 6.45) is 4.84. The molecule has 0 spiro atoms. The fourth-order valence-corrected chi connectivity index (χ4v) is 3.92. The van der Waals surface area contributed by atoms with Crippen LogP contribution in [-0.2, 0) is 16.6 Å². The fraction of sp³-hybridized carbons (Fsp3) is 0.0476. The number of hydrogen-bond donors (Lipinski definition) is 2. The highest BCUT2D eigenvalue weighted by Crippen LogP contribution is 2.18. The van der Waals surface area contributed by atoms with Crippen LogP contribution in [0.15, 0.2) is 84.3 Å². The van der Waals surface area contributed by atoms with Gasteiger partial charge in [-0.15, -0.1) is 5.10 Å². The zero-order chi connectivity index (χ0) is 22.6. The Labute approximate surface area is 183 Å². The van der Waals surface area contributed by atoms with Crippen LogP contribution < -0.4 is 10.0 Å². The second kappa shape index (κ2) is 8.94. The quantitative estimate of drug-likeness (QED) is 0.445. The van der Waals surface area contributed by atoms with E-state index in [1.807, 2.05) is 6.07 Å². The Hall–Kier alpha value is -4.12. The Bertz CT molecular complexity index is 1340. The van der Waals surface area contributed by atoms with Gasteiger partial charge in [0.1, 0.15) is 12.1 Å². The molecule has 0 bridgehead atoms. The van der Waals surface area contributed by atoms with E-state index in [0.29, 0.717) is 6.54 Å². The lowest BCUT2D eigenvalue weighted by atomic mass is 10.2. The Kier molecular flexibility index (Phi) is 5.90. The van der Waals surface area contributed by atoms with Gasteiger partial charge in [-0.05, 0) is 54.1 Å². The van der Waals surface area contributed by atoms with Crippen LogP contribution in [0.1, 0.15) is 15.9 Å². The van der Waals surface area contributed by atoms with E-state index in [2.05, 4.69) is 25.1 Å². The van der Waals surface area contributed by atoms with Crippen LogP contribution in [0.4, 0.5) is 16.0 Å². The Morgan fingerprint density at radius 2 is 1.88 bits per heavy atom. The summed E-state index contributed by atoms with van der Waals surface area (Å²) in [6.45, 7) is 0.430. The summed E-state index contributed by atoms with van der Waals surface area (Å²) in [5, 5.41) is 6.73. The van der Waals surface area contributed by atoms with E-state index in [0.717, 1.165) is 17.7 Å². The van der Waals surface area contributed by atoms with Crippen LogP contribution in [0, 0.1) is 5.82 Å². The standard InChI is InChI=1S/C21H17FN6O3S/c22-17-6-8-18(9-7-17)27-32(30,31)19-5-1-4-16(11-19)20(29)25-21-24-14-28(26-21)13-15-3-2-10-23-12-15/h1-12,14,27H,13H2,(H,25,26,29). The first-order valence-electron chi connectivity index (χ1n) is 9.37. The normalized spacial score (nSPS) is 11.2. The summed E-state index contributed by atoms with van der Waals surface area (Å²) in [6, 6.07) is 14.1. The molecule has 0 aliphatic carbocycles. The van der Waals surface area contributed by atoms with Crippen molar-refractivity contribution >= 4 is 27.6 Å². The molecular weight excluding hydrogens is 435 g/mol. The van der Waals surface area contributed by atoms with E-state index in [9.17, 15) is 17.6 Å². The number of nitrogens with zero attached hydrogens (tertiary/aromatic N) is 4. The number of amides is 1. The molecule has 9 nitrogen and oxygen atoms in total. The third kappa shape index (κ3) is 5.13. The van der Waals surface area contributed by atoms with Gasteiger partial charge < -0.3 is 0 Å². The molecule has 2 heterocycles. The number of nitrogens with one attached hydrogen (secondary N) is 2. The van der Waals surface area contributed by atoms with Crippen LogP contribution in [0.2, 0.25) is 0 Å². The van der Waals surface area contributed by atoms with Gasteiger partial charge in [-0.25, -0.2) is 22.5 Å². The first kappa shape index (κ1) is 21.1. The predicted octanol–water partition coefficient (Wildman–Crippen LogP) is 2.91. The molecule has 0 unspecified atom stereocenters. The summed E-state index contributed by atoms with van der Waals surface area (Å²) in [7, 11) is -3.98. The molecule has 4 rings (SSSR count). The number of sulfonamides is 1. The molecule has 2 aromatic heterocycles. The predicted molar refractivity (Wildman–Crippen MR) is 115 cm³/mol. The van der Waals surface area contributed by atoms with Gasteiger partial charge in [-0.1, -0.05) is 12.1 Å². The third-order valence-corrected chi connectivity index (χ3v) is 5.71. The van der Waals surface area contributed by atoms with Crippen LogP contribution >= 0.6 is 0 Å². The van der Waals surface area contributed by atoms with Crippen molar-refractivity contribution in [1.29, 1.82) is 0 Å². The molecule has 2 aromatic carbocycles. The Morgan fingerprint density at radius 1 is 1.06 bits per heavy atom. The zero-order valence-corrected chi connectivity index (χ0v) is 17.3. The molecular formula is C21H17FN6O3S. The first-order valence-corrected chi connectivity index (χ1v) is 10.9. The van der Waals surface area contributed by atoms with Gasteiger partial charge in [-0.3, -0.25) is 19.8 Å². The maximum atomic E-state index is 13.0. The number of hydrogen-bond acceptors (Lipinski definition) is 6. The number of pyridine rings is 1. The maximum absolute atomic E-state index is 13.0. The van der Waals surface area contributed by atoms with Crippen LogP contribution in [0.5, 0.6) is 0 Å². The summed E-state index contributed by atoms with van der Waals surface area (Å²) in [5.74, 6) is -0.970. The highest BCUT2D eigenvalue weighted by atomic mass is 32.2. The van der Waals surface area contributed by atoms with E-state index in [-0.39, 0.29) is 22.1 Å². The average molecular weight is 452 g/mol. The molecule has 2 N–H and O–H groups in total. The SMILES string of the molecule is O=C(Nc1ncn(Cc2cccnc2)n1)c1cccc(S(=O)(=O)Nc2ccc(F)cc2)c1. The second-order valence-corrected chi connectivity index (χ2v) is 8.40. The molecule has 162 valence electrons. The van der Waals surface area contributed by atoms with E-state index < -0.39 is 21.7 Å². The second-order valence-electron chi connectivity index (χ2n) is 6.72. The molecule has 11 heteroatoms. The number of anilines is 2. The van der Waals surface area contributed by atoms with Gasteiger partial charge in [0.2, 0.25) is 5.95 Å². The van der Waals surface area contributed by atoms with Crippen molar-refractivity contribution in [1.82, 2.24) is 19.7 Å². The van der Waals surface area contributed by atoms with Gasteiger partial charge in [0, 0.05) is 23.6 Å². The smallest absolute Gasteiger partial charge is 0.261 e. The lowest BCUT2D eigenvalue weighted by Crippen LogP contribution is -2.16. The Morgan fingerprint density at radius 3 is 2.62 bits per heavy atom. The zero-order valence-electron chi connectivity index (χ0n) is 16.5. The van der Waals surface area contributed by atoms with Crippen molar-refractivity contribution in [2.75, 3.05) is 10.0 Å². The van der Waals surface area contributed by atoms with Crippen molar-refractivity contribution in [2.24, 2.45) is 0 Å². The molecule has 0 aliphatic rings. The average Bonchev–Trinajstić information content (AvgIpc) is 3.22. The van der Waals surface area contributed by atoms with Crippen molar-refractivity contribution in [3.63, 3.8) is 0 Å². The monoisotopic (exact) mass is 452 g/mol. The number of rotatable bonds is 7. The fourth-order valence-electron chi connectivity index (χ4n) is 2.82. The summed E-state index contributed by atoms with van der Waals surface area (Å²) in [5.41, 5.74) is 1.22. The lowest BCUT2D eigenvalue weighted by Gasteiger charge is -2.09. The Balaban J connectivity index is 1.46. The molecule has 32 heavy (non-hydrogen) atoms. The summed E-state index contributed by atoms with van der Waals surface area (Å²) < 4.78 is 42.2. The maximum Gasteiger partial charge on any atom is 0.261 e. The molecule has 0 aliphatic heterocycles. The van der Waals surface area contributed by atoms with Crippen molar-refractivity contribution < 1.29 is 17.6 Å². The number of aromatic nitrogens is 4. The number of halogens is 1. The molecule has 0 saturated heterocycles. The number of carbonyl (C=O) groups excluding carboxylic acids is 1. The van der Waals surface area contributed by atoms with Gasteiger partial charge in [-0.2, -0.15) is 0 Å². The highest BCUT2D eigenvalue weighted by Gasteiger charge is 2.17. The molecule has 4 aromatic rings. The molecule has 0 fully saturated rings. The lowest BCUT2D eigenvalue weighted by molar-refractivity contribution is 0.102. The molecule has 0 atom stereocenters. The largest absolute Gasteiger partial charge is 0.289 e. The number of benzene rings is 2. The molecule has 1 amide bonds. The third-order valence-electron chi connectivity index (χ3n) is 4.33. The van der Waals surface area contributed by atoms with E-state index in [4.69, 9.17) is 0 Å². The summed E-state index contributed by atoms with van der Waals surface area (Å²) in [4.78, 5) is 20.6. The minimum atomic E-state index is -3.98.